The third-order valence-electron chi connectivity index (χ3n) is 2.70. The smallest absolute Gasteiger partial charge is 0.251 e. The summed E-state index contributed by atoms with van der Waals surface area (Å²) >= 11 is 0. The second-order valence-corrected chi connectivity index (χ2v) is 4.51. The monoisotopic (exact) mass is 235 g/mol. The molecule has 1 aromatic carbocycles. The van der Waals surface area contributed by atoms with Gasteiger partial charge < -0.3 is 10.4 Å². The summed E-state index contributed by atoms with van der Waals surface area (Å²) in [4.78, 5) is 11.8. The first-order valence-corrected chi connectivity index (χ1v) is 6.10. The van der Waals surface area contributed by atoms with E-state index in [-0.39, 0.29) is 11.9 Å². The fraction of sp³-hybridized carbons (Fsp3) is 0.500. The van der Waals surface area contributed by atoms with Crippen molar-refractivity contribution in [3.63, 3.8) is 0 Å². The Balaban J connectivity index is 2.57. The minimum absolute atomic E-state index is 0.0200. The number of aliphatic hydroxyl groups is 1. The SMILES string of the molecule is CCc1ccc(C(=O)NC(C)CC(C)O)cc1. The number of hydrogen-bond acceptors (Lipinski definition) is 2. The molecule has 0 fully saturated rings. The Morgan fingerprint density at radius 3 is 2.35 bits per heavy atom. The average molecular weight is 235 g/mol. The zero-order valence-electron chi connectivity index (χ0n) is 10.7. The molecule has 0 aliphatic carbocycles. The molecule has 0 aliphatic heterocycles. The van der Waals surface area contributed by atoms with Crippen molar-refractivity contribution in [1.29, 1.82) is 0 Å². The van der Waals surface area contributed by atoms with Crippen LogP contribution >= 0.6 is 0 Å². The molecule has 0 bridgehead atoms. The fourth-order valence-electron chi connectivity index (χ4n) is 1.77. The van der Waals surface area contributed by atoms with Crippen LogP contribution in [-0.4, -0.2) is 23.2 Å². The first kappa shape index (κ1) is 13.7. The van der Waals surface area contributed by atoms with Gasteiger partial charge in [0.15, 0.2) is 0 Å². The Morgan fingerprint density at radius 1 is 1.29 bits per heavy atom. The number of nitrogens with one attached hydrogen (secondary N) is 1. The number of benzene rings is 1. The number of hydrogen-bond donors (Lipinski definition) is 2. The number of amides is 1. The lowest BCUT2D eigenvalue weighted by Crippen LogP contribution is -2.34. The maximum Gasteiger partial charge on any atom is 0.251 e. The molecular formula is C14H21NO2. The van der Waals surface area contributed by atoms with Crippen LogP contribution in [0.5, 0.6) is 0 Å². The van der Waals surface area contributed by atoms with Gasteiger partial charge in [0.2, 0.25) is 0 Å². The molecule has 1 amide bonds. The van der Waals surface area contributed by atoms with Crippen LogP contribution in [-0.2, 0) is 6.42 Å². The number of rotatable bonds is 5. The van der Waals surface area contributed by atoms with Gasteiger partial charge in [0, 0.05) is 11.6 Å². The quantitative estimate of drug-likeness (QED) is 0.821. The van der Waals surface area contributed by atoms with Crippen LogP contribution in [0.2, 0.25) is 0 Å². The molecule has 17 heavy (non-hydrogen) atoms. The molecule has 2 atom stereocenters. The van der Waals surface area contributed by atoms with E-state index < -0.39 is 6.10 Å². The summed E-state index contributed by atoms with van der Waals surface area (Å²) < 4.78 is 0. The second kappa shape index (κ2) is 6.40. The fourth-order valence-corrected chi connectivity index (χ4v) is 1.77. The molecule has 1 rings (SSSR count). The highest BCUT2D eigenvalue weighted by atomic mass is 16.3. The van der Waals surface area contributed by atoms with Crippen LogP contribution in [0.15, 0.2) is 24.3 Å². The van der Waals surface area contributed by atoms with E-state index in [4.69, 9.17) is 0 Å². The van der Waals surface area contributed by atoms with E-state index in [2.05, 4.69) is 12.2 Å². The highest BCUT2D eigenvalue weighted by Gasteiger charge is 2.11. The van der Waals surface area contributed by atoms with Crippen molar-refractivity contribution < 1.29 is 9.90 Å². The summed E-state index contributed by atoms with van der Waals surface area (Å²) in [6.45, 7) is 5.70. The zero-order valence-corrected chi connectivity index (χ0v) is 10.7. The molecule has 94 valence electrons. The van der Waals surface area contributed by atoms with Crippen LogP contribution in [0.25, 0.3) is 0 Å². The Bertz CT molecular complexity index is 357. The molecule has 0 saturated heterocycles. The summed E-state index contributed by atoms with van der Waals surface area (Å²) in [6.07, 6.45) is 1.15. The Hall–Kier alpha value is -1.35. The van der Waals surface area contributed by atoms with Crippen LogP contribution in [0.4, 0.5) is 0 Å². The topological polar surface area (TPSA) is 49.3 Å². The van der Waals surface area contributed by atoms with Crippen molar-refractivity contribution in [2.24, 2.45) is 0 Å². The predicted octanol–water partition coefficient (Wildman–Crippen LogP) is 2.14. The van der Waals surface area contributed by atoms with Gasteiger partial charge in [-0.2, -0.15) is 0 Å². The summed E-state index contributed by atoms with van der Waals surface area (Å²) in [7, 11) is 0. The first-order valence-electron chi connectivity index (χ1n) is 6.10. The van der Waals surface area contributed by atoms with Crippen molar-refractivity contribution in [2.45, 2.75) is 45.8 Å². The van der Waals surface area contributed by atoms with Crippen molar-refractivity contribution in [2.75, 3.05) is 0 Å². The van der Waals surface area contributed by atoms with Crippen molar-refractivity contribution >= 4 is 5.91 Å². The van der Waals surface area contributed by atoms with Gasteiger partial charge in [-0.3, -0.25) is 4.79 Å². The van der Waals surface area contributed by atoms with Crippen molar-refractivity contribution in [3.8, 4) is 0 Å². The van der Waals surface area contributed by atoms with Crippen LogP contribution in [0.1, 0.15) is 43.1 Å². The molecule has 3 heteroatoms. The van der Waals surface area contributed by atoms with Gasteiger partial charge in [0.1, 0.15) is 0 Å². The van der Waals surface area contributed by atoms with E-state index in [9.17, 15) is 9.90 Å². The van der Waals surface area contributed by atoms with Gasteiger partial charge >= 0.3 is 0 Å². The molecule has 0 aromatic heterocycles. The van der Waals surface area contributed by atoms with E-state index in [0.717, 1.165) is 6.42 Å². The van der Waals surface area contributed by atoms with Gasteiger partial charge in [0.25, 0.3) is 5.91 Å². The van der Waals surface area contributed by atoms with Gasteiger partial charge in [0.05, 0.1) is 6.10 Å². The van der Waals surface area contributed by atoms with Crippen LogP contribution in [0, 0.1) is 0 Å². The van der Waals surface area contributed by atoms with Gasteiger partial charge in [-0.25, -0.2) is 0 Å². The zero-order chi connectivity index (χ0) is 12.8. The number of aryl methyl sites for hydroxylation is 1. The summed E-state index contributed by atoms with van der Waals surface area (Å²) in [5.41, 5.74) is 1.89. The van der Waals surface area contributed by atoms with E-state index in [1.165, 1.54) is 5.56 Å². The summed E-state index contributed by atoms with van der Waals surface area (Å²) in [6, 6.07) is 7.59. The third-order valence-corrected chi connectivity index (χ3v) is 2.70. The number of carbonyl (C=O) groups is 1. The lowest BCUT2D eigenvalue weighted by Gasteiger charge is -2.15. The molecule has 0 heterocycles. The normalized spacial score (nSPS) is 14.1. The minimum Gasteiger partial charge on any atom is -0.393 e. The molecular weight excluding hydrogens is 214 g/mol. The first-order chi connectivity index (χ1) is 8.02. The largest absolute Gasteiger partial charge is 0.393 e. The molecule has 2 unspecified atom stereocenters. The van der Waals surface area contributed by atoms with E-state index in [0.29, 0.717) is 12.0 Å². The molecule has 0 saturated carbocycles. The number of carbonyl (C=O) groups excluding carboxylic acids is 1. The van der Waals surface area contributed by atoms with E-state index in [1.54, 1.807) is 6.92 Å². The average Bonchev–Trinajstić information content (AvgIpc) is 2.28. The third kappa shape index (κ3) is 4.57. The lowest BCUT2D eigenvalue weighted by molar-refractivity contribution is 0.0923. The van der Waals surface area contributed by atoms with E-state index in [1.807, 2.05) is 31.2 Å². The Morgan fingerprint density at radius 2 is 1.88 bits per heavy atom. The van der Waals surface area contributed by atoms with Gasteiger partial charge in [-0.1, -0.05) is 19.1 Å². The molecule has 0 spiro atoms. The van der Waals surface area contributed by atoms with Gasteiger partial charge in [-0.05, 0) is 44.4 Å². The summed E-state index contributed by atoms with van der Waals surface area (Å²) in [5, 5.41) is 12.1. The molecule has 0 radical (unpaired) electrons. The standard InChI is InChI=1S/C14H21NO2/c1-4-12-5-7-13(8-6-12)14(17)15-10(2)9-11(3)16/h5-8,10-11,16H,4,9H2,1-3H3,(H,15,17). The summed E-state index contributed by atoms with van der Waals surface area (Å²) in [5.74, 6) is -0.0826. The predicted molar refractivity (Wildman–Crippen MR) is 69.0 cm³/mol. The van der Waals surface area contributed by atoms with Crippen LogP contribution < -0.4 is 5.32 Å². The molecule has 0 aliphatic rings. The highest BCUT2D eigenvalue weighted by Crippen LogP contribution is 2.06. The van der Waals surface area contributed by atoms with Crippen molar-refractivity contribution in [1.82, 2.24) is 5.32 Å². The molecule has 3 nitrogen and oxygen atoms in total. The maximum atomic E-state index is 11.8. The Kier molecular flexibility index (Phi) is 5.16. The van der Waals surface area contributed by atoms with Crippen molar-refractivity contribution in [3.05, 3.63) is 35.4 Å². The van der Waals surface area contributed by atoms with E-state index >= 15 is 0 Å². The minimum atomic E-state index is -0.396. The highest BCUT2D eigenvalue weighted by molar-refractivity contribution is 5.94. The molecule has 2 N–H and O–H groups in total. The maximum absolute atomic E-state index is 11.8. The number of aliphatic hydroxyl groups excluding tert-OH is 1. The Labute approximate surface area is 103 Å². The second-order valence-electron chi connectivity index (χ2n) is 4.51. The van der Waals surface area contributed by atoms with Crippen LogP contribution in [0.3, 0.4) is 0 Å². The van der Waals surface area contributed by atoms with Gasteiger partial charge in [-0.15, -0.1) is 0 Å². The lowest BCUT2D eigenvalue weighted by atomic mass is 10.1. The molecule has 1 aromatic rings.